The van der Waals surface area contributed by atoms with Gasteiger partial charge in [-0.25, -0.2) is 0 Å². The highest BCUT2D eigenvalue weighted by atomic mass is 16.5. The van der Waals surface area contributed by atoms with Crippen LogP contribution in [-0.4, -0.2) is 49.0 Å². The molecule has 1 aliphatic rings. The number of aromatic hydroxyl groups is 2. The molecule has 0 atom stereocenters. The Labute approximate surface area is 166 Å². The van der Waals surface area contributed by atoms with Crippen molar-refractivity contribution >= 4 is 17.3 Å². The number of anilines is 2. The van der Waals surface area contributed by atoms with E-state index >= 15 is 0 Å². The molecule has 150 valence electrons. The molecule has 0 radical (unpaired) electrons. The molecule has 0 saturated carbocycles. The fourth-order valence-corrected chi connectivity index (χ4v) is 3.56. The molecule has 0 aromatic heterocycles. The minimum atomic E-state index is -0.289. The second kappa shape index (κ2) is 8.52. The molecule has 6 nitrogen and oxygen atoms in total. The van der Waals surface area contributed by atoms with Crippen molar-refractivity contribution in [3.63, 3.8) is 0 Å². The van der Waals surface area contributed by atoms with Crippen LogP contribution in [0.2, 0.25) is 0 Å². The van der Waals surface area contributed by atoms with Crippen LogP contribution in [0.15, 0.2) is 36.4 Å². The summed E-state index contributed by atoms with van der Waals surface area (Å²) in [5, 5.41) is 20.4. The maximum Gasteiger partial charge on any atom is 0.262 e. The molecule has 0 spiro atoms. The number of morpholine rings is 1. The minimum Gasteiger partial charge on any atom is -0.508 e. The highest BCUT2D eigenvalue weighted by molar-refractivity contribution is 6.09. The van der Waals surface area contributed by atoms with Crippen molar-refractivity contribution < 1.29 is 19.7 Å². The van der Waals surface area contributed by atoms with Crippen LogP contribution in [0.25, 0.3) is 0 Å². The van der Waals surface area contributed by atoms with E-state index in [9.17, 15) is 15.0 Å². The summed E-state index contributed by atoms with van der Waals surface area (Å²) in [7, 11) is 0. The first kappa shape index (κ1) is 20.0. The summed E-state index contributed by atoms with van der Waals surface area (Å²) in [6, 6.07) is 10.6. The smallest absolute Gasteiger partial charge is 0.262 e. The second-order valence-electron chi connectivity index (χ2n) is 7.22. The third-order valence-corrected chi connectivity index (χ3v) is 5.08. The van der Waals surface area contributed by atoms with Crippen molar-refractivity contribution in [1.82, 2.24) is 0 Å². The van der Waals surface area contributed by atoms with Crippen LogP contribution in [0, 0.1) is 0 Å². The van der Waals surface area contributed by atoms with Crippen molar-refractivity contribution in [2.24, 2.45) is 0 Å². The Morgan fingerprint density at radius 3 is 2.46 bits per heavy atom. The Kier molecular flexibility index (Phi) is 6.09. The number of para-hydroxylation sites is 2. The SMILES string of the molecule is CCN(C(=O)c1cc(C(C)C)c(O)cc1O)c1ccccc1N1CCOCC1. The van der Waals surface area contributed by atoms with E-state index in [1.807, 2.05) is 45.0 Å². The minimum absolute atomic E-state index is 0.000755. The molecule has 1 saturated heterocycles. The van der Waals surface area contributed by atoms with E-state index in [-0.39, 0.29) is 28.9 Å². The molecule has 2 N–H and O–H groups in total. The Bertz CT molecular complexity index is 844. The van der Waals surface area contributed by atoms with Crippen LogP contribution in [0.3, 0.4) is 0 Å². The van der Waals surface area contributed by atoms with Gasteiger partial charge in [0.15, 0.2) is 0 Å². The van der Waals surface area contributed by atoms with Crippen LogP contribution < -0.4 is 9.80 Å². The maximum atomic E-state index is 13.4. The van der Waals surface area contributed by atoms with Gasteiger partial charge in [-0.05, 0) is 36.6 Å². The van der Waals surface area contributed by atoms with E-state index in [0.717, 1.165) is 24.5 Å². The number of amides is 1. The van der Waals surface area contributed by atoms with E-state index < -0.39 is 0 Å². The normalized spacial score (nSPS) is 14.4. The summed E-state index contributed by atoms with van der Waals surface area (Å²) < 4.78 is 5.45. The highest BCUT2D eigenvalue weighted by Gasteiger charge is 2.25. The summed E-state index contributed by atoms with van der Waals surface area (Å²) in [6.45, 7) is 9.09. The summed E-state index contributed by atoms with van der Waals surface area (Å²) in [5.74, 6) is -0.472. The average Bonchev–Trinajstić information content (AvgIpc) is 2.69. The lowest BCUT2D eigenvalue weighted by atomic mass is 9.98. The number of phenolic OH excluding ortho intramolecular Hbond substituents is 2. The summed E-state index contributed by atoms with van der Waals surface area (Å²) in [4.78, 5) is 17.2. The fourth-order valence-electron chi connectivity index (χ4n) is 3.56. The zero-order chi connectivity index (χ0) is 20.3. The molecular formula is C22H28N2O4. The van der Waals surface area contributed by atoms with Gasteiger partial charge in [-0.2, -0.15) is 0 Å². The number of benzene rings is 2. The molecule has 0 bridgehead atoms. The molecule has 1 aliphatic heterocycles. The van der Waals surface area contributed by atoms with E-state index in [0.29, 0.717) is 25.3 Å². The summed E-state index contributed by atoms with van der Waals surface area (Å²) in [6.07, 6.45) is 0. The summed E-state index contributed by atoms with van der Waals surface area (Å²) in [5.41, 5.74) is 2.61. The Morgan fingerprint density at radius 2 is 1.82 bits per heavy atom. The maximum absolute atomic E-state index is 13.4. The van der Waals surface area contributed by atoms with Gasteiger partial charge in [0.25, 0.3) is 5.91 Å². The molecule has 1 amide bonds. The second-order valence-corrected chi connectivity index (χ2v) is 7.22. The zero-order valence-electron chi connectivity index (χ0n) is 16.7. The molecule has 3 rings (SSSR count). The third-order valence-electron chi connectivity index (χ3n) is 5.08. The number of hydrogen-bond acceptors (Lipinski definition) is 5. The quantitative estimate of drug-likeness (QED) is 0.822. The van der Waals surface area contributed by atoms with E-state index in [1.165, 1.54) is 6.07 Å². The van der Waals surface area contributed by atoms with Gasteiger partial charge in [0.1, 0.15) is 11.5 Å². The number of hydrogen-bond donors (Lipinski definition) is 2. The molecule has 1 fully saturated rings. The van der Waals surface area contributed by atoms with E-state index in [2.05, 4.69) is 4.90 Å². The molecule has 6 heteroatoms. The largest absolute Gasteiger partial charge is 0.508 e. The van der Waals surface area contributed by atoms with E-state index in [1.54, 1.807) is 11.0 Å². The fraction of sp³-hybridized carbons (Fsp3) is 0.409. The molecule has 2 aromatic rings. The topological polar surface area (TPSA) is 73.2 Å². The van der Waals surface area contributed by atoms with Crippen molar-refractivity contribution in [2.75, 3.05) is 42.6 Å². The number of carbonyl (C=O) groups is 1. The van der Waals surface area contributed by atoms with Gasteiger partial charge >= 0.3 is 0 Å². The van der Waals surface area contributed by atoms with Crippen LogP contribution in [0.5, 0.6) is 11.5 Å². The van der Waals surface area contributed by atoms with Crippen molar-refractivity contribution in [1.29, 1.82) is 0 Å². The van der Waals surface area contributed by atoms with Gasteiger partial charge in [-0.3, -0.25) is 4.79 Å². The number of ether oxygens (including phenoxy) is 1. The lowest BCUT2D eigenvalue weighted by Crippen LogP contribution is -2.38. The van der Waals surface area contributed by atoms with Gasteiger partial charge in [0, 0.05) is 25.7 Å². The van der Waals surface area contributed by atoms with Gasteiger partial charge in [0.05, 0.1) is 30.2 Å². The summed E-state index contributed by atoms with van der Waals surface area (Å²) >= 11 is 0. The third kappa shape index (κ3) is 3.92. The number of nitrogens with zero attached hydrogens (tertiary/aromatic N) is 2. The molecule has 28 heavy (non-hydrogen) atoms. The average molecular weight is 384 g/mol. The van der Waals surface area contributed by atoms with Crippen LogP contribution in [0.4, 0.5) is 11.4 Å². The van der Waals surface area contributed by atoms with Crippen LogP contribution in [0.1, 0.15) is 42.6 Å². The lowest BCUT2D eigenvalue weighted by Gasteiger charge is -2.33. The van der Waals surface area contributed by atoms with Gasteiger partial charge in [-0.1, -0.05) is 26.0 Å². The molecule has 0 unspecified atom stereocenters. The Morgan fingerprint density at radius 1 is 1.14 bits per heavy atom. The van der Waals surface area contributed by atoms with Crippen LogP contribution in [-0.2, 0) is 4.74 Å². The van der Waals surface area contributed by atoms with Crippen molar-refractivity contribution in [3.05, 3.63) is 47.5 Å². The first-order valence-corrected chi connectivity index (χ1v) is 9.73. The Hall–Kier alpha value is -2.73. The predicted molar refractivity (Wildman–Crippen MR) is 111 cm³/mol. The van der Waals surface area contributed by atoms with Gasteiger partial charge < -0.3 is 24.7 Å². The van der Waals surface area contributed by atoms with Gasteiger partial charge in [-0.15, -0.1) is 0 Å². The van der Waals surface area contributed by atoms with Gasteiger partial charge in [0.2, 0.25) is 0 Å². The first-order chi connectivity index (χ1) is 13.4. The number of rotatable bonds is 5. The number of carbonyl (C=O) groups excluding carboxylic acids is 1. The standard InChI is InChI=1S/C22H28N2O4/c1-4-24(19-8-6-5-7-18(19)23-9-11-28-12-10-23)22(27)17-13-16(15(2)3)20(25)14-21(17)26/h5-8,13-15,25-26H,4,9-12H2,1-3H3. The van der Waals surface area contributed by atoms with Crippen LogP contribution >= 0.6 is 0 Å². The Balaban J connectivity index is 2.01. The lowest BCUT2D eigenvalue weighted by molar-refractivity contribution is 0.0985. The molecular weight excluding hydrogens is 356 g/mol. The predicted octanol–water partition coefficient (Wildman–Crippen LogP) is 3.72. The van der Waals surface area contributed by atoms with Crippen molar-refractivity contribution in [3.8, 4) is 11.5 Å². The molecule has 2 aromatic carbocycles. The molecule has 0 aliphatic carbocycles. The first-order valence-electron chi connectivity index (χ1n) is 9.73. The van der Waals surface area contributed by atoms with Crippen molar-refractivity contribution in [2.45, 2.75) is 26.7 Å². The monoisotopic (exact) mass is 384 g/mol. The highest BCUT2D eigenvalue weighted by Crippen LogP contribution is 2.35. The zero-order valence-corrected chi connectivity index (χ0v) is 16.7. The number of phenols is 2. The van der Waals surface area contributed by atoms with E-state index in [4.69, 9.17) is 4.74 Å². The molecule has 1 heterocycles.